The second-order valence-electron chi connectivity index (χ2n) is 11.2. The van der Waals surface area contributed by atoms with E-state index in [1.165, 1.54) is 0 Å². The molecule has 0 aliphatic carbocycles. The Morgan fingerprint density at radius 1 is 1.05 bits per heavy atom. The number of anilines is 1. The van der Waals surface area contributed by atoms with Crippen molar-refractivity contribution in [3.8, 4) is 16.9 Å². The van der Waals surface area contributed by atoms with Crippen LogP contribution in [0.2, 0.25) is 5.02 Å². The molecule has 1 saturated heterocycles. The summed E-state index contributed by atoms with van der Waals surface area (Å²) in [6.45, 7) is 8.17. The number of halogens is 1. The molecule has 2 amide bonds. The summed E-state index contributed by atoms with van der Waals surface area (Å²) in [5.41, 5.74) is 3.73. The second-order valence-corrected chi connectivity index (χ2v) is 11.6. The minimum atomic E-state index is -0.475. The molecule has 7 nitrogen and oxygen atoms in total. The molecule has 2 aliphatic rings. The number of ether oxygens (including phenoxy) is 2. The highest BCUT2D eigenvalue weighted by atomic mass is 35.5. The normalized spacial score (nSPS) is 15.8. The Morgan fingerprint density at radius 3 is 2.56 bits per heavy atom. The van der Waals surface area contributed by atoms with Crippen molar-refractivity contribution >= 4 is 29.3 Å². The molecule has 3 heterocycles. The summed E-state index contributed by atoms with van der Waals surface area (Å²) in [4.78, 5) is 33.3. The number of pyridine rings is 1. The van der Waals surface area contributed by atoms with Crippen molar-refractivity contribution in [2.24, 2.45) is 5.92 Å². The van der Waals surface area contributed by atoms with Gasteiger partial charge in [0.1, 0.15) is 11.4 Å². The predicted octanol–water partition coefficient (Wildman–Crippen LogP) is 6.98. The quantitative estimate of drug-likeness (QED) is 0.333. The lowest BCUT2D eigenvalue weighted by Gasteiger charge is -2.33. The third-order valence-electron chi connectivity index (χ3n) is 7.15. The highest BCUT2D eigenvalue weighted by Crippen LogP contribution is 2.34. The van der Waals surface area contributed by atoms with Gasteiger partial charge in [-0.05, 0) is 81.3 Å². The molecule has 0 bridgehead atoms. The molecule has 0 saturated carbocycles. The first-order chi connectivity index (χ1) is 18.7. The number of rotatable bonds is 6. The molecule has 2 aliphatic heterocycles. The largest absolute Gasteiger partial charge is 0.492 e. The van der Waals surface area contributed by atoms with Crippen molar-refractivity contribution in [1.29, 1.82) is 0 Å². The summed E-state index contributed by atoms with van der Waals surface area (Å²) in [7, 11) is 0. The van der Waals surface area contributed by atoms with E-state index in [1.807, 2.05) is 63.2 Å². The van der Waals surface area contributed by atoms with Crippen molar-refractivity contribution in [2.75, 3.05) is 24.6 Å². The van der Waals surface area contributed by atoms with Gasteiger partial charge in [-0.3, -0.25) is 9.78 Å². The molecule has 2 aromatic carbocycles. The van der Waals surface area contributed by atoms with Gasteiger partial charge in [0.25, 0.3) is 5.91 Å². The lowest BCUT2D eigenvalue weighted by atomic mass is 9.94. The van der Waals surface area contributed by atoms with Crippen molar-refractivity contribution in [3.63, 3.8) is 0 Å². The Bertz CT molecular complexity index is 1360. The second kappa shape index (κ2) is 11.3. The molecule has 1 aromatic heterocycles. The number of fused-ring (bicyclic) bond motifs is 1. The molecule has 0 unspecified atom stereocenters. The van der Waals surface area contributed by atoms with Gasteiger partial charge in [-0.2, -0.15) is 0 Å². The van der Waals surface area contributed by atoms with Crippen LogP contribution in [0.25, 0.3) is 11.1 Å². The molecular formula is C31H34ClN3O4. The van der Waals surface area contributed by atoms with E-state index < -0.39 is 5.60 Å². The maximum Gasteiger partial charge on any atom is 0.410 e. The van der Waals surface area contributed by atoms with Crippen LogP contribution in [-0.2, 0) is 11.3 Å². The van der Waals surface area contributed by atoms with E-state index in [2.05, 4.69) is 4.98 Å². The Labute approximate surface area is 234 Å². The number of hydrogen-bond acceptors (Lipinski definition) is 5. The highest BCUT2D eigenvalue weighted by Gasteiger charge is 2.31. The number of benzene rings is 2. The smallest absolute Gasteiger partial charge is 0.410 e. The molecule has 5 rings (SSSR count). The van der Waals surface area contributed by atoms with Crippen LogP contribution in [0.1, 0.15) is 56.0 Å². The summed E-state index contributed by atoms with van der Waals surface area (Å²) in [6, 6.07) is 15.4. The number of aromatic nitrogens is 1. The molecule has 39 heavy (non-hydrogen) atoms. The van der Waals surface area contributed by atoms with Crippen LogP contribution < -0.4 is 9.64 Å². The Morgan fingerprint density at radius 2 is 1.82 bits per heavy atom. The average molecular weight is 548 g/mol. The van der Waals surface area contributed by atoms with Crippen molar-refractivity contribution in [3.05, 3.63) is 77.1 Å². The zero-order chi connectivity index (χ0) is 27.6. The lowest BCUT2D eigenvalue weighted by Crippen LogP contribution is -2.41. The number of amides is 2. The number of nitrogens with zero attached hydrogens (tertiary/aromatic N) is 3. The fourth-order valence-electron chi connectivity index (χ4n) is 5.11. The van der Waals surface area contributed by atoms with Crippen molar-refractivity contribution in [1.82, 2.24) is 9.88 Å². The maximum absolute atomic E-state index is 13.1. The molecule has 1 fully saturated rings. The SMILES string of the molecule is CC(C)(C)OC(=O)N1CCC(CCOc2cncc(-c3cccc(N4Cc5cccc(Cl)c5C4=O)c3)c2)CC1. The van der Waals surface area contributed by atoms with Gasteiger partial charge in [-0.25, -0.2) is 4.79 Å². The third kappa shape index (κ3) is 6.36. The number of carbonyl (C=O) groups excluding carboxylic acids is 2. The van der Waals surface area contributed by atoms with Crippen LogP contribution in [0.15, 0.2) is 60.9 Å². The van der Waals surface area contributed by atoms with Crippen LogP contribution in [0.5, 0.6) is 5.75 Å². The first kappa shape index (κ1) is 27.0. The molecule has 3 aromatic rings. The van der Waals surface area contributed by atoms with Crippen LogP contribution >= 0.6 is 11.6 Å². The Kier molecular flexibility index (Phi) is 7.80. The molecule has 0 spiro atoms. The maximum atomic E-state index is 13.1. The molecule has 0 atom stereocenters. The zero-order valence-electron chi connectivity index (χ0n) is 22.7. The van der Waals surface area contributed by atoms with E-state index in [4.69, 9.17) is 21.1 Å². The first-order valence-electron chi connectivity index (χ1n) is 13.4. The molecule has 8 heteroatoms. The number of piperidine rings is 1. The van der Waals surface area contributed by atoms with Crippen LogP contribution in [-0.4, -0.2) is 47.2 Å². The topological polar surface area (TPSA) is 72.0 Å². The summed E-state index contributed by atoms with van der Waals surface area (Å²) in [6.07, 6.45) is 6.10. The highest BCUT2D eigenvalue weighted by molar-refractivity contribution is 6.35. The summed E-state index contributed by atoms with van der Waals surface area (Å²) >= 11 is 6.30. The standard InChI is InChI=1S/C31H34ClN3O4/c1-31(2,3)39-30(37)34-13-10-21(11-14-34)12-15-38-26-17-24(18-33-19-26)22-6-4-8-25(16-22)35-20-23-7-5-9-27(32)28(23)29(35)36/h4-9,16-19,21H,10-15,20H2,1-3H3. The monoisotopic (exact) mass is 547 g/mol. The van der Waals surface area contributed by atoms with E-state index in [0.29, 0.717) is 48.5 Å². The number of likely N-dealkylation sites (tertiary alicyclic amines) is 1. The van der Waals surface area contributed by atoms with Gasteiger partial charge in [0, 0.05) is 30.5 Å². The zero-order valence-corrected chi connectivity index (χ0v) is 23.4. The van der Waals surface area contributed by atoms with E-state index in [9.17, 15) is 9.59 Å². The van der Waals surface area contributed by atoms with E-state index in [1.54, 1.807) is 28.3 Å². The molecule has 204 valence electrons. The molecule has 0 N–H and O–H groups in total. The van der Waals surface area contributed by atoms with E-state index in [-0.39, 0.29) is 12.0 Å². The fourth-order valence-corrected chi connectivity index (χ4v) is 5.38. The lowest BCUT2D eigenvalue weighted by molar-refractivity contribution is 0.0177. The average Bonchev–Trinajstić information content (AvgIpc) is 3.26. The number of carbonyl (C=O) groups is 2. The summed E-state index contributed by atoms with van der Waals surface area (Å²) in [5.74, 6) is 1.13. The van der Waals surface area contributed by atoms with Crippen LogP contribution in [0.3, 0.4) is 0 Å². The van der Waals surface area contributed by atoms with Gasteiger partial charge in [-0.1, -0.05) is 35.9 Å². The predicted molar refractivity (Wildman–Crippen MR) is 152 cm³/mol. The van der Waals surface area contributed by atoms with E-state index >= 15 is 0 Å². The van der Waals surface area contributed by atoms with Gasteiger partial charge in [0.2, 0.25) is 0 Å². The van der Waals surface area contributed by atoms with Gasteiger partial charge in [0.15, 0.2) is 0 Å². The van der Waals surface area contributed by atoms with Gasteiger partial charge < -0.3 is 19.3 Å². The third-order valence-corrected chi connectivity index (χ3v) is 7.47. The van der Waals surface area contributed by atoms with Gasteiger partial charge >= 0.3 is 6.09 Å². The van der Waals surface area contributed by atoms with Gasteiger partial charge in [-0.15, -0.1) is 0 Å². The van der Waals surface area contributed by atoms with E-state index in [0.717, 1.165) is 41.6 Å². The molecular weight excluding hydrogens is 514 g/mol. The van der Waals surface area contributed by atoms with Crippen LogP contribution in [0.4, 0.5) is 10.5 Å². The summed E-state index contributed by atoms with van der Waals surface area (Å²) in [5, 5.41) is 0.485. The Balaban J connectivity index is 1.16. The number of hydrogen-bond donors (Lipinski definition) is 0. The van der Waals surface area contributed by atoms with Crippen LogP contribution in [0, 0.1) is 5.92 Å². The van der Waals surface area contributed by atoms with Crippen molar-refractivity contribution < 1.29 is 19.1 Å². The minimum Gasteiger partial charge on any atom is -0.492 e. The Hall–Kier alpha value is -3.58. The van der Waals surface area contributed by atoms with Gasteiger partial charge in [0.05, 0.1) is 29.9 Å². The first-order valence-corrected chi connectivity index (χ1v) is 13.8. The van der Waals surface area contributed by atoms with Crippen molar-refractivity contribution in [2.45, 2.75) is 52.2 Å². The fraction of sp³-hybridized carbons (Fsp3) is 0.387. The summed E-state index contributed by atoms with van der Waals surface area (Å²) < 4.78 is 11.6. The molecule has 0 radical (unpaired) electrons. The minimum absolute atomic E-state index is 0.0834.